The van der Waals surface area contributed by atoms with Gasteiger partial charge in [-0.3, -0.25) is 4.79 Å². The van der Waals surface area contributed by atoms with Crippen LogP contribution in [0.15, 0.2) is 18.3 Å². The second-order valence-electron chi connectivity index (χ2n) is 4.80. The highest BCUT2D eigenvalue weighted by molar-refractivity contribution is 7.89. The fourth-order valence-electron chi connectivity index (χ4n) is 2.18. The quantitative estimate of drug-likeness (QED) is 0.888. The van der Waals surface area contributed by atoms with E-state index in [1.807, 2.05) is 0 Å². The Labute approximate surface area is 118 Å². The number of halogens is 3. The molecule has 2 heterocycles. The molecule has 1 saturated heterocycles. The number of sulfonamides is 1. The molecular formula is C11H12F3N3O3S. The molecule has 1 fully saturated rings. The molecule has 0 saturated carbocycles. The Kier molecular flexibility index (Phi) is 3.93. The van der Waals surface area contributed by atoms with Gasteiger partial charge in [0.15, 0.2) is 0 Å². The number of aromatic nitrogens is 1. The zero-order valence-electron chi connectivity index (χ0n) is 10.7. The summed E-state index contributed by atoms with van der Waals surface area (Å²) in [5.74, 6) is -1.19. The van der Waals surface area contributed by atoms with Gasteiger partial charge in [0.05, 0.1) is 17.6 Å². The van der Waals surface area contributed by atoms with Crippen molar-refractivity contribution in [2.45, 2.75) is 12.6 Å². The highest BCUT2D eigenvalue weighted by Gasteiger charge is 2.35. The van der Waals surface area contributed by atoms with Crippen LogP contribution in [0.2, 0.25) is 0 Å². The lowest BCUT2D eigenvalue weighted by atomic mass is 10.1. The number of nitrogens with two attached hydrogens (primary N) is 1. The summed E-state index contributed by atoms with van der Waals surface area (Å²) in [5, 5.41) is 4.92. The minimum absolute atomic E-state index is 0.0164. The fraction of sp³-hybridized carbons (Fsp3) is 0.455. The molecular weight excluding hydrogens is 311 g/mol. The van der Waals surface area contributed by atoms with E-state index < -0.39 is 27.8 Å². The van der Waals surface area contributed by atoms with Gasteiger partial charge in [-0.05, 0) is 12.1 Å². The predicted octanol–water partition coefficient (Wildman–Crippen LogP) is 0.742. The number of amides is 1. The van der Waals surface area contributed by atoms with E-state index in [4.69, 9.17) is 5.14 Å². The molecule has 0 radical (unpaired) electrons. The predicted molar refractivity (Wildman–Crippen MR) is 67.7 cm³/mol. The maximum Gasteiger partial charge on any atom is 0.433 e. The van der Waals surface area contributed by atoms with Crippen molar-refractivity contribution in [3.05, 3.63) is 24.0 Å². The Morgan fingerprint density at radius 2 is 2.05 bits per heavy atom. The van der Waals surface area contributed by atoms with Gasteiger partial charge in [-0.25, -0.2) is 18.5 Å². The first-order chi connectivity index (χ1) is 9.56. The van der Waals surface area contributed by atoms with Crippen LogP contribution in [0.3, 0.4) is 0 Å². The lowest BCUT2D eigenvalue weighted by molar-refractivity contribution is -0.141. The van der Waals surface area contributed by atoms with Crippen LogP contribution in [-0.2, 0) is 21.0 Å². The summed E-state index contributed by atoms with van der Waals surface area (Å²) in [6, 6.07) is 1.91. The Morgan fingerprint density at radius 1 is 1.38 bits per heavy atom. The number of nitrogens with zero attached hydrogens (tertiary/aromatic N) is 2. The first-order valence-electron chi connectivity index (χ1n) is 5.90. The van der Waals surface area contributed by atoms with Crippen LogP contribution in [-0.4, -0.2) is 31.6 Å². The van der Waals surface area contributed by atoms with Crippen LogP contribution < -0.4 is 10.0 Å². The van der Waals surface area contributed by atoms with E-state index in [0.29, 0.717) is 0 Å². The van der Waals surface area contributed by atoms with Crippen molar-refractivity contribution in [1.82, 2.24) is 4.98 Å². The summed E-state index contributed by atoms with van der Waals surface area (Å²) in [4.78, 5) is 16.3. The number of carbonyl (C=O) groups is 1. The number of pyridine rings is 1. The molecule has 2 rings (SSSR count). The Morgan fingerprint density at radius 3 is 2.52 bits per heavy atom. The number of primary sulfonamides is 1. The van der Waals surface area contributed by atoms with Crippen molar-refractivity contribution >= 4 is 21.6 Å². The molecule has 1 aromatic heterocycles. The number of alkyl halides is 3. The Bertz CT molecular complexity index is 643. The molecule has 1 amide bonds. The molecule has 0 aromatic carbocycles. The van der Waals surface area contributed by atoms with Gasteiger partial charge >= 0.3 is 6.18 Å². The van der Waals surface area contributed by atoms with Gasteiger partial charge in [-0.15, -0.1) is 0 Å². The zero-order valence-corrected chi connectivity index (χ0v) is 11.5. The molecule has 0 aliphatic carbocycles. The molecule has 116 valence electrons. The van der Waals surface area contributed by atoms with E-state index in [9.17, 15) is 26.4 Å². The monoisotopic (exact) mass is 323 g/mol. The molecule has 1 aliphatic heterocycles. The minimum atomic E-state index is -4.55. The Balaban J connectivity index is 2.14. The summed E-state index contributed by atoms with van der Waals surface area (Å²) in [6.07, 6.45) is -3.62. The summed E-state index contributed by atoms with van der Waals surface area (Å²) in [7, 11) is -3.71. The topological polar surface area (TPSA) is 93.4 Å². The van der Waals surface area contributed by atoms with Crippen molar-refractivity contribution in [2.24, 2.45) is 11.1 Å². The largest absolute Gasteiger partial charge is 0.433 e. The van der Waals surface area contributed by atoms with Crippen molar-refractivity contribution in [2.75, 3.05) is 17.2 Å². The second-order valence-corrected chi connectivity index (χ2v) is 6.46. The van der Waals surface area contributed by atoms with Gasteiger partial charge in [0, 0.05) is 18.9 Å². The van der Waals surface area contributed by atoms with Crippen molar-refractivity contribution in [3.8, 4) is 0 Å². The lowest BCUT2D eigenvalue weighted by Crippen LogP contribution is -2.27. The maximum absolute atomic E-state index is 12.4. The number of carbonyl (C=O) groups excluding carboxylic acids is 1. The van der Waals surface area contributed by atoms with Crippen LogP contribution in [0.1, 0.15) is 12.1 Å². The van der Waals surface area contributed by atoms with E-state index in [0.717, 1.165) is 18.3 Å². The second kappa shape index (κ2) is 5.26. The van der Waals surface area contributed by atoms with Crippen LogP contribution >= 0.6 is 0 Å². The zero-order chi connectivity index (χ0) is 15.8. The molecule has 1 unspecified atom stereocenters. The third-order valence-corrected chi connectivity index (χ3v) is 3.96. The minimum Gasteiger partial charge on any atom is -0.311 e. The number of hydrogen-bond acceptors (Lipinski definition) is 4. The fourth-order valence-corrected chi connectivity index (χ4v) is 3.07. The van der Waals surface area contributed by atoms with Crippen molar-refractivity contribution in [3.63, 3.8) is 0 Å². The summed E-state index contributed by atoms with van der Waals surface area (Å²) in [5.41, 5.74) is -0.857. The summed E-state index contributed by atoms with van der Waals surface area (Å²) in [6.45, 7) is 0.0856. The first-order valence-corrected chi connectivity index (χ1v) is 7.62. The average molecular weight is 323 g/mol. The maximum atomic E-state index is 12.4. The van der Waals surface area contributed by atoms with E-state index >= 15 is 0 Å². The molecule has 2 N–H and O–H groups in total. The van der Waals surface area contributed by atoms with Crippen LogP contribution in [0.25, 0.3) is 0 Å². The highest BCUT2D eigenvalue weighted by Crippen LogP contribution is 2.30. The number of hydrogen-bond donors (Lipinski definition) is 1. The molecule has 6 nitrogen and oxygen atoms in total. The third-order valence-electron chi connectivity index (χ3n) is 3.02. The van der Waals surface area contributed by atoms with E-state index in [-0.39, 0.29) is 30.3 Å². The van der Waals surface area contributed by atoms with Gasteiger partial charge < -0.3 is 4.90 Å². The molecule has 0 spiro atoms. The van der Waals surface area contributed by atoms with Gasteiger partial charge in [-0.2, -0.15) is 13.2 Å². The highest BCUT2D eigenvalue weighted by atomic mass is 32.2. The molecule has 1 atom stereocenters. The van der Waals surface area contributed by atoms with E-state index in [1.165, 1.54) is 4.90 Å². The summed E-state index contributed by atoms with van der Waals surface area (Å²) >= 11 is 0. The number of rotatable bonds is 3. The van der Waals surface area contributed by atoms with Crippen LogP contribution in [0.4, 0.5) is 18.9 Å². The normalized spacial score (nSPS) is 20.1. The molecule has 10 heteroatoms. The third kappa shape index (κ3) is 3.91. The SMILES string of the molecule is NS(=O)(=O)CC1CC(=O)N(c2ccc(C(F)(F)F)nc2)C1. The van der Waals surface area contributed by atoms with Crippen molar-refractivity contribution < 1.29 is 26.4 Å². The van der Waals surface area contributed by atoms with E-state index in [2.05, 4.69) is 4.98 Å². The van der Waals surface area contributed by atoms with Crippen molar-refractivity contribution in [1.29, 1.82) is 0 Å². The van der Waals surface area contributed by atoms with Gasteiger partial charge in [-0.1, -0.05) is 0 Å². The average Bonchev–Trinajstić information content (AvgIpc) is 2.66. The van der Waals surface area contributed by atoms with E-state index in [1.54, 1.807) is 0 Å². The standard InChI is InChI=1S/C11H12F3N3O3S/c12-11(13,14)9-2-1-8(4-16-9)17-5-7(3-10(17)18)6-21(15,19)20/h1-2,4,7H,3,5-6H2,(H2,15,19,20). The molecule has 1 aliphatic rings. The molecule has 0 bridgehead atoms. The van der Waals surface area contributed by atoms with Crippen LogP contribution in [0.5, 0.6) is 0 Å². The smallest absolute Gasteiger partial charge is 0.311 e. The van der Waals surface area contributed by atoms with Gasteiger partial charge in [0.2, 0.25) is 15.9 Å². The van der Waals surface area contributed by atoms with Gasteiger partial charge in [0.25, 0.3) is 0 Å². The Hall–Kier alpha value is -1.68. The lowest BCUT2D eigenvalue weighted by Gasteiger charge is -2.17. The molecule has 21 heavy (non-hydrogen) atoms. The van der Waals surface area contributed by atoms with Gasteiger partial charge in [0.1, 0.15) is 5.69 Å². The number of anilines is 1. The molecule has 1 aromatic rings. The summed E-state index contributed by atoms with van der Waals surface area (Å²) < 4.78 is 59.2. The first kappa shape index (κ1) is 15.7. The van der Waals surface area contributed by atoms with Crippen LogP contribution in [0, 0.1) is 5.92 Å².